The zero-order valence-electron chi connectivity index (χ0n) is 10.6. The molecule has 100 valence electrons. The number of hydrogen-bond donors (Lipinski definition) is 0. The van der Waals surface area contributed by atoms with E-state index < -0.39 is 12.1 Å². The van der Waals surface area contributed by atoms with Crippen molar-refractivity contribution >= 4 is 0 Å². The molecule has 0 N–H and O–H groups in total. The Balaban J connectivity index is 1.82. The molecule has 0 bridgehead atoms. The molecule has 2 saturated carbocycles. The Hall–Kier alpha value is -0.210. The van der Waals surface area contributed by atoms with E-state index in [1.807, 2.05) is 0 Å². The lowest BCUT2D eigenvalue weighted by molar-refractivity contribution is -0.185. The molecule has 0 amide bonds. The molecule has 0 nitrogen and oxygen atoms in total. The van der Waals surface area contributed by atoms with Crippen LogP contribution in [0.5, 0.6) is 0 Å². The summed E-state index contributed by atoms with van der Waals surface area (Å²) in [4.78, 5) is 0. The summed E-state index contributed by atoms with van der Waals surface area (Å²) in [6.45, 7) is 2.29. The van der Waals surface area contributed by atoms with Gasteiger partial charge in [-0.25, -0.2) is 0 Å². The second kappa shape index (κ2) is 5.19. The molecule has 2 aliphatic rings. The zero-order chi connectivity index (χ0) is 12.5. The third-order valence-electron chi connectivity index (χ3n) is 4.88. The van der Waals surface area contributed by atoms with Crippen molar-refractivity contribution in [1.29, 1.82) is 0 Å². The fourth-order valence-corrected chi connectivity index (χ4v) is 3.83. The minimum Gasteiger partial charge on any atom is -0.171 e. The van der Waals surface area contributed by atoms with Gasteiger partial charge in [-0.05, 0) is 49.9 Å². The van der Waals surface area contributed by atoms with Gasteiger partial charge in [-0.3, -0.25) is 0 Å². The highest BCUT2D eigenvalue weighted by molar-refractivity contribution is 4.83. The van der Waals surface area contributed by atoms with Crippen LogP contribution in [0.4, 0.5) is 13.2 Å². The van der Waals surface area contributed by atoms with E-state index in [9.17, 15) is 13.2 Å². The van der Waals surface area contributed by atoms with Gasteiger partial charge in [-0.15, -0.1) is 0 Å². The van der Waals surface area contributed by atoms with Crippen LogP contribution in [-0.2, 0) is 0 Å². The van der Waals surface area contributed by atoms with Gasteiger partial charge < -0.3 is 0 Å². The summed E-state index contributed by atoms with van der Waals surface area (Å²) < 4.78 is 37.7. The van der Waals surface area contributed by atoms with E-state index in [1.165, 1.54) is 25.7 Å². The molecule has 0 aromatic carbocycles. The van der Waals surface area contributed by atoms with Gasteiger partial charge in [0.25, 0.3) is 0 Å². The van der Waals surface area contributed by atoms with Crippen molar-refractivity contribution in [1.82, 2.24) is 0 Å². The molecule has 2 rings (SSSR count). The molecule has 3 heteroatoms. The smallest absolute Gasteiger partial charge is 0.171 e. The SMILES string of the molecule is C[C@H]1CCCC(C2CCC(C(F)(F)F)CC2)C1. The molecular weight excluding hydrogens is 225 g/mol. The van der Waals surface area contributed by atoms with E-state index in [2.05, 4.69) is 6.92 Å². The first-order chi connectivity index (χ1) is 7.97. The predicted octanol–water partition coefficient (Wildman–Crippen LogP) is 5.18. The van der Waals surface area contributed by atoms with Crippen molar-refractivity contribution in [2.24, 2.45) is 23.7 Å². The van der Waals surface area contributed by atoms with E-state index in [0.717, 1.165) is 18.8 Å². The minimum atomic E-state index is -3.95. The van der Waals surface area contributed by atoms with Gasteiger partial charge in [0.1, 0.15) is 0 Å². The van der Waals surface area contributed by atoms with E-state index in [-0.39, 0.29) is 0 Å². The van der Waals surface area contributed by atoms with Gasteiger partial charge in [0.15, 0.2) is 0 Å². The first-order valence-corrected chi connectivity index (χ1v) is 7.03. The average Bonchev–Trinajstić information content (AvgIpc) is 2.28. The molecule has 0 aromatic rings. The third-order valence-corrected chi connectivity index (χ3v) is 4.88. The maximum absolute atomic E-state index is 12.6. The second-order valence-electron chi connectivity index (χ2n) is 6.19. The normalized spacial score (nSPS) is 40.2. The fraction of sp³-hybridized carbons (Fsp3) is 1.00. The van der Waals surface area contributed by atoms with Crippen molar-refractivity contribution in [3.8, 4) is 0 Å². The molecule has 0 radical (unpaired) electrons. The van der Waals surface area contributed by atoms with Gasteiger partial charge in [-0.1, -0.05) is 26.2 Å². The largest absolute Gasteiger partial charge is 0.391 e. The van der Waals surface area contributed by atoms with Crippen LogP contribution in [0, 0.1) is 23.7 Å². The summed E-state index contributed by atoms with van der Waals surface area (Å²) in [6.07, 6.45) is 3.51. The standard InChI is InChI=1S/C14H23F3/c1-10-3-2-4-12(9-10)11-5-7-13(8-6-11)14(15,16)17/h10-13H,2-9H2,1H3/t10-,11?,12?,13?/m0/s1. The highest BCUT2D eigenvalue weighted by atomic mass is 19.4. The van der Waals surface area contributed by atoms with Crippen LogP contribution in [0.2, 0.25) is 0 Å². The zero-order valence-corrected chi connectivity index (χ0v) is 10.6. The first-order valence-electron chi connectivity index (χ1n) is 7.03. The predicted molar refractivity (Wildman–Crippen MR) is 62.6 cm³/mol. The lowest BCUT2D eigenvalue weighted by Crippen LogP contribution is -2.31. The van der Waals surface area contributed by atoms with E-state index in [1.54, 1.807) is 0 Å². The van der Waals surface area contributed by atoms with Gasteiger partial charge >= 0.3 is 6.18 Å². The van der Waals surface area contributed by atoms with Crippen molar-refractivity contribution in [3.05, 3.63) is 0 Å². The molecule has 2 atom stereocenters. The Morgan fingerprint density at radius 3 is 2.00 bits per heavy atom. The van der Waals surface area contributed by atoms with Gasteiger partial charge in [0.05, 0.1) is 5.92 Å². The van der Waals surface area contributed by atoms with Crippen LogP contribution in [0.3, 0.4) is 0 Å². The van der Waals surface area contributed by atoms with Gasteiger partial charge in [0.2, 0.25) is 0 Å². The van der Waals surface area contributed by atoms with Crippen LogP contribution in [0.1, 0.15) is 58.3 Å². The molecule has 0 heterocycles. The minimum absolute atomic E-state index is 0.374. The van der Waals surface area contributed by atoms with Crippen molar-refractivity contribution in [2.45, 2.75) is 64.5 Å². The quantitative estimate of drug-likeness (QED) is 0.599. The summed E-state index contributed by atoms with van der Waals surface area (Å²) in [6, 6.07) is 0. The highest BCUT2D eigenvalue weighted by Crippen LogP contribution is 2.45. The molecule has 0 saturated heterocycles. The fourth-order valence-electron chi connectivity index (χ4n) is 3.83. The average molecular weight is 248 g/mol. The number of alkyl halides is 3. The first kappa shape index (κ1) is 13.2. The van der Waals surface area contributed by atoms with Crippen LogP contribution in [0.25, 0.3) is 0 Å². The Bertz CT molecular complexity index is 238. The summed E-state index contributed by atoms with van der Waals surface area (Å²) in [5.74, 6) is 1.07. The lowest BCUT2D eigenvalue weighted by atomic mass is 9.69. The number of rotatable bonds is 1. The molecule has 0 aliphatic heterocycles. The van der Waals surface area contributed by atoms with Crippen LogP contribution in [0.15, 0.2) is 0 Å². The van der Waals surface area contributed by atoms with Crippen molar-refractivity contribution in [3.63, 3.8) is 0 Å². The summed E-state index contributed by atoms with van der Waals surface area (Å²) in [7, 11) is 0. The van der Waals surface area contributed by atoms with E-state index in [4.69, 9.17) is 0 Å². The Morgan fingerprint density at radius 1 is 0.824 bits per heavy atom. The number of halogens is 3. The molecule has 2 fully saturated rings. The van der Waals surface area contributed by atoms with Gasteiger partial charge in [0, 0.05) is 0 Å². The summed E-state index contributed by atoms with van der Waals surface area (Å²) in [5, 5.41) is 0. The lowest BCUT2D eigenvalue weighted by Gasteiger charge is -2.38. The molecule has 17 heavy (non-hydrogen) atoms. The monoisotopic (exact) mass is 248 g/mol. The Kier molecular flexibility index (Phi) is 4.04. The maximum atomic E-state index is 12.6. The molecule has 0 spiro atoms. The van der Waals surface area contributed by atoms with Gasteiger partial charge in [-0.2, -0.15) is 13.2 Å². The molecule has 0 aromatic heterocycles. The Morgan fingerprint density at radius 2 is 1.47 bits per heavy atom. The van der Waals surface area contributed by atoms with Crippen LogP contribution >= 0.6 is 0 Å². The third kappa shape index (κ3) is 3.38. The van der Waals surface area contributed by atoms with Crippen molar-refractivity contribution in [2.75, 3.05) is 0 Å². The van der Waals surface area contributed by atoms with Crippen LogP contribution < -0.4 is 0 Å². The molecular formula is C14H23F3. The van der Waals surface area contributed by atoms with Crippen molar-refractivity contribution < 1.29 is 13.2 Å². The van der Waals surface area contributed by atoms with E-state index in [0.29, 0.717) is 24.7 Å². The topological polar surface area (TPSA) is 0 Å². The number of hydrogen-bond acceptors (Lipinski definition) is 0. The second-order valence-corrected chi connectivity index (χ2v) is 6.19. The Labute approximate surface area is 102 Å². The molecule has 1 unspecified atom stereocenters. The summed E-state index contributed by atoms with van der Waals surface area (Å²) >= 11 is 0. The summed E-state index contributed by atoms with van der Waals surface area (Å²) in [5.41, 5.74) is 0. The molecule has 2 aliphatic carbocycles. The van der Waals surface area contributed by atoms with E-state index >= 15 is 0 Å². The maximum Gasteiger partial charge on any atom is 0.391 e. The van der Waals surface area contributed by atoms with Crippen LogP contribution in [-0.4, -0.2) is 6.18 Å². The highest BCUT2D eigenvalue weighted by Gasteiger charge is 2.42.